The summed E-state index contributed by atoms with van der Waals surface area (Å²) in [5.41, 5.74) is 2.56. The number of rotatable bonds is 5. The van der Waals surface area contributed by atoms with Gasteiger partial charge >= 0.3 is 0 Å². The number of aryl methyl sites for hydroxylation is 1. The number of thiazole rings is 1. The van der Waals surface area contributed by atoms with Crippen LogP contribution in [-0.2, 0) is 13.0 Å². The standard InChI is InChI=1S/C15H20N2S/c1-4-15-17-10-14(18-15)9-16-13-7-5-6-12(8-13)11(2)3/h5-8,10-11,16H,4,9H2,1-3H3. The Labute approximate surface area is 113 Å². The molecule has 2 aromatic rings. The second-order valence-corrected chi connectivity index (χ2v) is 5.91. The molecule has 1 aromatic carbocycles. The van der Waals surface area contributed by atoms with E-state index in [1.165, 1.54) is 21.1 Å². The molecule has 0 radical (unpaired) electrons. The fourth-order valence-corrected chi connectivity index (χ4v) is 2.59. The molecule has 0 aliphatic carbocycles. The number of nitrogens with zero attached hydrogens (tertiary/aromatic N) is 1. The minimum absolute atomic E-state index is 0.571. The van der Waals surface area contributed by atoms with Crippen molar-refractivity contribution in [2.24, 2.45) is 0 Å². The predicted molar refractivity (Wildman–Crippen MR) is 79.3 cm³/mol. The van der Waals surface area contributed by atoms with Gasteiger partial charge in [0.25, 0.3) is 0 Å². The molecule has 2 rings (SSSR count). The molecular formula is C15H20N2S. The molecule has 0 unspecified atom stereocenters. The van der Waals surface area contributed by atoms with Crippen molar-refractivity contribution in [2.45, 2.75) is 39.7 Å². The van der Waals surface area contributed by atoms with Crippen molar-refractivity contribution in [3.63, 3.8) is 0 Å². The number of aromatic nitrogens is 1. The molecule has 0 fully saturated rings. The van der Waals surface area contributed by atoms with Crippen LogP contribution >= 0.6 is 11.3 Å². The lowest BCUT2D eigenvalue weighted by Gasteiger charge is -2.09. The van der Waals surface area contributed by atoms with Crippen LogP contribution < -0.4 is 5.32 Å². The Kier molecular flexibility index (Phi) is 4.37. The fraction of sp³-hybridized carbons (Fsp3) is 0.400. The Hall–Kier alpha value is -1.35. The van der Waals surface area contributed by atoms with E-state index in [4.69, 9.17) is 0 Å². The van der Waals surface area contributed by atoms with E-state index >= 15 is 0 Å². The maximum atomic E-state index is 4.37. The smallest absolute Gasteiger partial charge is 0.0925 e. The number of nitrogens with one attached hydrogen (secondary N) is 1. The van der Waals surface area contributed by atoms with E-state index in [0.717, 1.165) is 13.0 Å². The van der Waals surface area contributed by atoms with Gasteiger partial charge in [-0.2, -0.15) is 0 Å². The van der Waals surface area contributed by atoms with E-state index in [1.54, 1.807) is 11.3 Å². The Bertz CT molecular complexity index is 503. The molecule has 18 heavy (non-hydrogen) atoms. The van der Waals surface area contributed by atoms with Crippen molar-refractivity contribution >= 4 is 17.0 Å². The Morgan fingerprint density at radius 2 is 2.17 bits per heavy atom. The monoisotopic (exact) mass is 260 g/mol. The van der Waals surface area contributed by atoms with Crippen molar-refractivity contribution in [3.05, 3.63) is 45.9 Å². The molecule has 1 aromatic heterocycles. The maximum Gasteiger partial charge on any atom is 0.0925 e. The van der Waals surface area contributed by atoms with E-state index in [1.807, 2.05) is 6.20 Å². The van der Waals surface area contributed by atoms with Gasteiger partial charge < -0.3 is 5.32 Å². The van der Waals surface area contributed by atoms with Crippen molar-refractivity contribution in [1.82, 2.24) is 4.98 Å². The van der Waals surface area contributed by atoms with Crippen LogP contribution in [0.3, 0.4) is 0 Å². The van der Waals surface area contributed by atoms with Crippen LogP contribution in [0.15, 0.2) is 30.5 Å². The zero-order chi connectivity index (χ0) is 13.0. The first-order valence-electron chi connectivity index (χ1n) is 6.46. The van der Waals surface area contributed by atoms with Crippen molar-refractivity contribution in [2.75, 3.05) is 5.32 Å². The molecule has 0 spiro atoms. The number of benzene rings is 1. The van der Waals surface area contributed by atoms with Gasteiger partial charge in [-0.15, -0.1) is 11.3 Å². The highest BCUT2D eigenvalue weighted by Crippen LogP contribution is 2.20. The average Bonchev–Trinajstić information content (AvgIpc) is 2.84. The second kappa shape index (κ2) is 6.01. The van der Waals surface area contributed by atoms with Gasteiger partial charge in [-0.05, 0) is 30.0 Å². The van der Waals surface area contributed by atoms with E-state index in [9.17, 15) is 0 Å². The Morgan fingerprint density at radius 1 is 1.33 bits per heavy atom. The highest BCUT2D eigenvalue weighted by atomic mass is 32.1. The van der Waals surface area contributed by atoms with Gasteiger partial charge in [0.15, 0.2) is 0 Å². The summed E-state index contributed by atoms with van der Waals surface area (Å²) in [7, 11) is 0. The first-order valence-corrected chi connectivity index (χ1v) is 7.28. The highest BCUT2D eigenvalue weighted by Gasteiger charge is 2.02. The number of anilines is 1. The third kappa shape index (κ3) is 3.33. The summed E-state index contributed by atoms with van der Waals surface area (Å²) in [6, 6.07) is 8.64. The summed E-state index contributed by atoms with van der Waals surface area (Å²) in [5, 5.41) is 4.67. The lowest BCUT2D eigenvalue weighted by molar-refractivity contribution is 0.866. The molecule has 0 saturated heterocycles. The summed E-state index contributed by atoms with van der Waals surface area (Å²) < 4.78 is 0. The third-order valence-electron chi connectivity index (χ3n) is 2.92. The molecular weight excluding hydrogens is 240 g/mol. The van der Waals surface area contributed by atoms with E-state index in [2.05, 4.69) is 55.3 Å². The first kappa shape index (κ1) is 13.1. The van der Waals surface area contributed by atoms with Gasteiger partial charge in [-0.3, -0.25) is 0 Å². The third-order valence-corrected chi connectivity index (χ3v) is 4.07. The zero-order valence-electron chi connectivity index (χ0n) is 11.2. The van der Waals surface area contributed by atoms with E-state index < -0.39 is 0 Å². The minimum Gasteiger partial charge on any atom is -0.380 e. The molecule has 96 valence electrons. The highest BCUT2D eigenvalue weighted by molar-refractivity contribution is 7.11. The molecule has 0 aliphatic heterocycles. The second-order valence-electron chi connectivity index (χ2n) is 4.71. The Balaban J connectivity index is 1.99. The normalized spacial score (nSPS) is 10.9. The van der Waals surface area contributed by atoms with Gasteiger partial charge in [-0.25, -0.2) is 4.98 Å². The van der Waals surface area contributed by atoms with Crippen LogP contribution in [0, 0.1) is 0 Å². The molecule has 0 bridgehead atoms. The van der Waals surface area contributed by atoms with Crippen molar-refractivity contribution in [3.8, 4) is 0 Å². The van der Waals surface area contributed by atoms with Gasteiger partial charge in [0, 0.05) is 16.8 Å². The van der Waals surface area contributed by atoms with E-state index in [0.29, 0.717) is 5.92 Å². The van der Waals surface area contributed by atoms with Crippen LogP contribution in [0.5, 0.6) is 0 Å². The number of hydrogen-bond acceptors (Lipinski definition) is 3. The van der Waals surface area contributed by atoms with Crippen LogP contribution in [0.1, 0.15) is 42.1 Å². The summed E-state index contributed by atoms with van der Waals surface area (Å²) in [6.07, 6.45) is 3.00. The lowest BCUT2D eigenvalue weighted by Crippen LogP contribution is -1.98. The largest absolute Gasteiger partial charge is 0.380 e. The molecule has 3 heteroatoms. The molecule has 0 aliphatic rings. The maximum absolute atomic E-state index is 4.37. The Morgan fingerprint density at radius 3 is 2.83 bits per heavy atom. The molecule has 2 nitrogen and oxygen atoms in total. The summed E-state index contributed by atoms with van der Waals surface area (Å²) in [5.74, 6) is 0.571. The summed E-state index contributed by atoms with van der Waals surface area (Å²) >= 11 is 1.79. The first-order chi connectivity index (χ1) is 8.69. The average molecular weight is 260 g/mol. The molecule has 0 atom stereocenters. The fourth-order valence-electron chi connectivity index (χ4n) is 1.79. The van der Waals surface area contributed by atoms with E-state index in [-0.39, 0.29) is 0 Å². The molecule has 0 saturated carbocycles. The topological polar surface area (TPSA) is 24.9 Å². The van der Waals surface area contributed by atoms with Crippen LogP contribution in [0.2, 0.25) is 0 Å². The minimum atomic E-state index is 0.571. The van der Waals surface area contributed by atoms with Gasteiger partial charge in [0.05, 0.1) is 11.6 Å². The lowest BCUT2D eigenvalue weighted by atomic mass is 10.0. The number of hydrogen-bond donors (Lipinski definition) is 1. The van der Waals surface area contributed by atoms with Crippen molar-refractivity contribution in [1.29, 1.82) is 0 Å². The van der Waals surface area contributed by atoms with Crippen LogP contribution in [-0.4, -0.2) is 4.98 Å². The summed E-state index contributed by atoms with van der Waals surface area (Å²) in [6.45, 7) is 7.44. The molecule has 1 heterocycles. The summed E-state index contributed by atoms with van der Waals surface area (Å²) in [4.78, 5) is 5.66. The van der Waals surface area contributed by atoms with Crippen LogP contribution in [0.25, 0.3) is 0 Å². The molecule has 1 N–H and O–H groups in total. The zero-order valence-corrected chi connectivity index (χ0v) is 12.1. The van der Waals surface area contributed by atoms with Crippen molar-refractivity contribution < 1.29 is 0 Å². The van der Waals surface area contributed by atoms with Crippen LogP contribution in [0.4, 0.5) is 5.69 Å². The molecule has 0 amide bonds. The predicted octanol–water partition coefficient (Wildman–Crippen LogP) is 4.44. The quantitative estimate of drug-likeness (QED) is 0.859. The van der Waals surface area contributed by atoms with Gasteiger partial charge in [0.1, 0.15) is 0 Å². The van der Waals surface area contributed by atoms with Gasteiger partial charge in [-0.1, -0.05) is 32.9 Å². The van der Waals surface area contributed by atoms with Gasteiger partial charge in [0.2, 0.25) is 0 Å². The SMILES string of the molecule is CCc1ncc(CNc2cccc(C(C)C)c2)s1.